The van der Waals surface area contributed by atoms with E-state index in [1.165, 1.54) is 25.7 Å². The minimum Gasteiger partial charge on any atom is -0.491 e. The highest BCUT2D eigenvalue weighted by molar-refractivity contribution is 4.95. The SMILES string of the molecule is CCCCCCCOCOC(OCCCC)=C(CCC)OCCCC. The van der Waals surface area contributed by atoms with Gasteiger partial charge in [0.25, 0.3) is 0 Å². The maximum atomic E-state index is 5.91. The van der Waals surface area contributed by atoms with Crippen LogP contribution in [0, 0.1) is 0 Å². The molecule has 0 atom stereocenters. The Morgan fingerprint density at radius 3 is 1.84 bits per heavy atom. The molecule has 0 N–H and O–H groups in total. The van der Waals surface area contributed by atoms with Crippen LogP contribution in [0.25, 0.3) is 0 Å². The van der Waals surface area contributed by atoms with Crippen LogP contribution in [0.4, 0.5) is 0 Å². The Balaban J connectivity index is 4.32. The van der Waals surface area contributed by atoms with Gasteiger partial charge in [0.15, 0.2) is 12.6 Å². The summed E-state index contributed by atoms with van der Waals surface area (Å²) < 4.78 is 23.1. The summed E-state index contributed by atoms with van der Waals surface area (Å²) in [6, 6.07) is 0. The second-order valence-corrected chi connectivity index (χ2v) is 6.45. The summed E-state index contributed by atoms with van der Waals surface area (Å²) in [6.07, 6.45) is 12.3. The van der Waals surface area contributed by atoms with Gasteiger partial charge in [-0.25, -0.2) is 0 Å². The third-order valence-corrected chi connectivity index (χ3v) is 3.88. The van der Waals surface area contributed by atoms with Crippen molar-refractivity contribution in [3.8, 4) is 0 Å². The lowest BCUT2D eigenvalue weighted by Gasteiger charge is -2.17. The molecule has 150 valence electrons. The second kappa shape index (κ2) is 19.4. The molecule has 0 aliphatic rings. The molecule has 0 spiro atoms. The number of ether oxygens (including phenoxy) is 4. The van der Waals surface area contributed by atoms with E-state index >= 15 is 0 Å². The van der Waals surface area contributed by atoms with E-state index in [-0.39, 0.29) is 6.79 Å². The molecule has 0 aromatic carbocycles. The van der Waals surface area contributed by atoms with Crippen LogP contribution in [-0.4, -0.2) is 26.6 Å². The molecule has 0 radical (unpaired) electrons. The fourth-order valence-electron chi connectivity index (χ4n) is 2.27. The highest BCUT2D eigenvalue weighted by Gasteiger charge is 2.12. The van der Waals surface area contributed by atoms with Crippen molar-refractivity contribution in [2.24, 2.45) is 0 Å². The molecule has 0 amide bonds. The Morgan fingerprint density at radius 2 is 1.20 bits per heavy atom. The highest BCUT2D eigenvalue weighted by atomic mass is 16.7. The minimum absolute atomic E-state index is 0.236. The van der Waals surface area contributed by atoms with Crippen LogP contribution in [0.1, 0.15) is 98.3 Å². The first kappa shape index (κ1) is 24.1. The van der Waals surface area contributed by atoms with Gasteiger partial charge in [-0.3, -0.25) is 0 Å². The Hall–Kier alpha value is -0.900. The molecule has 25 heavy (non-hydrogen) atoms. The van der Waals surface area contributed by atoms with Crippen LogP contribution < -0.4 is 0 Å². The monoisotopic (exact) mass is 358 g/mol. The molecule has 0 unspecified atom stereocenters. The third kappa shape index (κ3) is 15.1. The van der Waals surface area contributed by atoms with Gasteiger partial charge in [-0.1, -0.05) is 66.2 Å². The van der Waals surface area contributed by atoms with Gasteiger partial charge in [0, 0.05) is 6.42 Å². The summed E-state index contributed by atoms with van der Waals surface area (Å²) in [4.78, 5) is 0. The van der Waals surface area contributed by atoms with E-state index in [0.29, 0.717) is 19.2 Å². The zero-order valence-electron chi connectivity index (χ0n) is 17.2. The van der Waals surface area contributed by atoms with E-state index in [9.17, 15) is 0 Å². The van der Waals surface area contributed by atoms with Gasteiger partial charge in [0.1, 0.15) is 0 Å². The van der Waals surface area contributed by atoms with Crippen molar-refractivity contribution in [3.63, 3.8) is 0 Å². The van der Waals surface area contributed by atoms with Gasteiger partial charge in [-0.15, -0.1) is 0 Å². The van der Waals surface area contributed by atoms with Crippen LogP contribution in [0.2, 0.25) is 0 Å². The molecule has 4 nitrogen and oxygen atoms in total. The molecule has 0 saturated carbocycles. The lowest BCUT2D eigenvalue weighted by molar-refractivity contribution is -0.0844. The van der Waals surface area contributed by atoms with Crippen molar-refractivity contribution in [3.05, 3.63) is 11.7 Å². The van der Waals surface area contributed by atoms with Crippen LogP contribution in [-0.2, 0) is 18.9 Å². The summed E-state index contributed by atoms with van der Waals surface area (Å²) in [5.74, 6) is 1.36. The summed E-state index contributed by atoms with van der Waals surface area (Å²) in [7, 11) is 0. The smallest absolute Gasteiger partial charge is 0.321 e. The fourth-order valence-corrected chi connectivity index (χ4v) is 2.27. The predicted octanol–water partition coefficient (Wildman–Crippen LogP) is 6.55. The zero-order valence-corrected chi connectivity index (χ0v) is 17.2. The molecule has 0 aromatic rings. The second-order valence-electron chi connectivity index (χ2n) is 6.45. The topological polar surface area (TPSA) is 36.9 Å². The third-order valence-electron chi connectivity index (χ3n) is 3.88. The largest absolute Gasteiger partial charge is 0.491 e. The number of hydrogen-bond donors (Lipinski definition) is 0. The van der Waals surface area contributed by atoms with E-state index in [4.69, 9.17) is 18.9 Å². The maximum absolute atomic E-state index is 5.91. The van der Waals surface area contributed by atoms with E-state index < -0.39 is 0 Å². The molecule has 0 bridgehead atoms. The Labute approximate surface area is 156 Å². The van der Waals surface area contributed by atoms with E-state index in [0.717, 1.165) is 57.3 Å². The zero-order chi connectivity index (χ0) is 18.6. The molecule has 0 aliphatic carbocycles. The number of hydrogen-bond acceptors (Lipinski definition) is 4. The van der Waals surface area contributed by atoms with Crippen LogP contribution in [0.5, 0.6) is 0 Å². The van der Waals surface area contributed by atoms with Crippen molar-refractivity contribution in [1.82, 2.24) is 0 Å². The van der Waals surface area contributed by atoms with Crippen molar-refractivity contribution in [2.45, 2.75) is 98.3 Å². The van der Waals surface area contributed by atoms with E-state index in [1.807, 2.05) is 0 Å². The predicted molar refractivity (Wildman–Crippen MR) is 104 cm³/mol. The first-order chi connectivity index (χ1) is 12.3. The first-order valence-corrected chi connectivity index (χ1v) is 10.5. The first-order valence-electron chi connectivity index (χ1n) is 10.5. The normalized spacial score (nSPS) is 12.0. The number of allylic oxidation sites excluding steroid dienone is 1. The fraction of sp³-hybridized carbons (Fsp3) is 0.905. The number of unbranched alkanes of at least 4 members (excludes halogenated alkanes) is 6. The van der Waals surface area contributed by atoms with Gasteiger partial charge in [-0.2, -0.15) is 0 Å². The van der Waals surface area contributed by atoms with Crippen molar-refractivity contribution < 1.29 is 18.9 Å². The molecule has 0 aromatic heterocycles. The lowest BCUT2D eigenvalue weighted by atomic mass is 10.2. The van der Waals surface area contributed by atoms with E-state index in [1.54, 1.807) is 0 Å². The summed E-state index contributed by atoms with van der Waals surface area (Å²) >= 11 is 0. The van der Waals surface area contributed by atoms with E-state index in [2.05, 4.69) is 27.7 Å². The Kier molecular flexibility index (Phi) is 18.7. The van der Waals surface area contributed by atoms with Crippen LogP contribution >= 0.6 is 0 Å². The molecular formula is C21H42O4. The van der Waals surface area contributed by atoms with Crippen molar-refractivity contribution in [1.29, 1.82) is 0 Å². The standard InChI is InChI=1S/C21H42O4/c1-5-9-12-13-14-16-22-19-25-21(24-18-11-7-3)20(15-8-4)23-17-10-6-2/h5-19H2,1-4H3. The summed E-state index contributed by atoms with van der Waals surface area (Å²) in [6.45, 7) is 11.0. The average molecular weight is 359 g/mol. The van der Waals surface area contributed by atoms with Crippen molar-refractivity contribution >= 4 is 0 Å². The van der Waals surface area contributed by atoms with Gasteiger partial charge in [0.05, 0.1) is 19.8 Å². The maximum Gasteiger partial charge on any atom is 0.321 e. The summed E-state index contributed by atoms with van der Waals surface area (Å²) in [5.41, 5.74) is 0. The average Bonchev–Trinajstić information content (AvgIpc) is 2.62. The van der Waals surface area contributed by atoms with Crippen LogP contribution in [0.3, 0.4) is 0 Å². The Bertz CT molecular complexity index is 302. The molecule has 0 fully saturated rings. The van der Waals surface area contributed by atoms with Crippen LogP contribution in [0.15, 0.2) is 11.7 Å². The van der Waals surface area contributed by atoms with Gasteiger partial charge < -0.3 is 18.9 Å². The highest BCUT2D eigenvalue weighted by Crippen LogP contribution is 2.17. The lowest BCUT2D eigenvalue weighted by Crippen LogP contribution is -2.10. The van der Waals surface area contributed by atoms with Crippen molar-refractivity contribution in [2.75, 3.05) is 26.6 Å². The molecule has 0 rings (SSSR count). The summed E-state index contributed by atoms with van der Waals surface area (Å²) in [5, 5.41) is 0. The van der Waals surface area contributed by atoms with Gasteiger partial charge in [-0.05, 0) is 25.7 Å². The molecule has 4 heteroatoms. The quantitative estimate of drug-likeness (QED) is 0.149. The minimum atomic E-state index is 0.236. The van der Waals surface area contributed by atoms with Gasteiger partial charge in [0.2, 0.25) is 0 Å². The molecule has 0 heterocycles. The Morgan fingerprint density at radius 1 is 0.560 bits per heavy atom. The molecule has 0 saturated heterocycles. The number of rotatable bonds is 19. The van der Waals surface area contributed by atoms with Gasteiger partial charge >= 0.3 is 5.95 Å². The molecule has 0 aliphatic heterocycles. The molecular weight excluding hydrogens is 316 g/mol.